The van der Waals surface area contributed by atoms with Gasteiger partial charge < -0.3 is 24.7 Å². The van der Waals surface area contributed by atoms with Crippen LogP contribution in [0, 0.1) is 0 Å². The molecule has 0 unspecified atom stereocenters. The second kappa shape index (κ2) is 12.0. The third-order valence-corrected chi connectivity index (χ3v) is 8.71. The molecule has 3 aromatic rings. The topological polar surface area (TPSA) is 155 Å². The lowest BCUT2D eigenvalue weighted by Crippen LogP contribution is -2.54. The van der Waals surface area contributed by atoms with E-state index in [9.17, 15) is 19.2 Å². The van der Waals surface area contributed by atoms with E-state index >= 15 is 0 Å². The van der Waals surface area contributed by atoms with Crippen LogP contribution in [-0.4, -0.2) is 59.1 Å². The Morgan fingerprint density at radius 2 is 1.93 bits per heavy atom. The highest BCUT2D eigenvalue weighted by atomic mass is 35.5. The van der Waals surface area contributed by atoms with Crippen molar-refractivity contribution < 1.29 is 28.7 Å². The van der Waals surface area contributed by atoms with E-state index in [1.807, 2.05) is 0 Å². The van der Waals surface area contributed by atoms with Crippen LogP contribution < -0.4 is 16.0 Å². The van der Waals surface area contributed by atoms with Gasteiger partial charge in [-0.1, -0.05) is 29.6 Å². The molecule has 0 saturated carbocycles. The molecule has 4 heterocycles. The van der Waals surface area contributed by atoms with Crippen molar-refractivity contribution in [3.63, 3.8) is 0 Å². The quantitative estimate of drug-likeness (QED) is 0.258. The summed E-state index contributed by atoms with van der Waals surface area (Å²) < 4.78 is 10.6. The minimum atomic E-state index is -1.04. The monoisotopic (exact) mass is 640 g/mol. The lowest BCUT2D eigenvalue weighted by molar-refractivity contribution is -0.141. The minimum Gasteiger partial charge on any atom is -0.453 e. The number of hydrogen-bond acceptors (Lipinski definition) is 7. The number of amides is 4. The first-order valence-electron chi connectivity index (χ1n) is 14.3. The zero-order valence-electron chi connectivity index (χ0n) is 23.8. The first-order valence-corrected chi connectivity index (χ1v) is 15.0. The van der Waals surface area contributed by atoms with Crippen LogP contribution in [0.2, 0.25) is 10.2 Å². The smallest absolute Gasteiger partial charge is 0.412 e. The van der Waals surface area contributed by atoms with Crippen molar-refractivity contribution in [1.29, 1.82) is 0 Å². The number of hydrogen-bond donors (Lipinski definition) is 4. The molecule has 1 fully saturated rings. The van der Waals surface area contributed by atoms with Gasteiger partial charge in [0, 0.05) is 34.8 Å². The molecule has 1 saturated heterocycles. The number of nitrogens with one attached hydrogen (secondary N) is 4. The Balaban J connectivity index is 1.34. The number of H-pyrrole nitrogens is 1. The highest BCUT2D eigenvalue weighted by molar-refractivity contribution is 6.32. The number of piperidine rings is 1. The number of fused-ring (bicyclic) bond motifs is 6. The fraction of sp³-hybridized carbons (Fsp3) is 0.367. The summed E-state index contributed by atoms with van der Waals surface area (Å²) in [6.45, 7) is 0.631. The molecule has 4 amide bonds. The summed E-state index contributed by atoms with van der Waals surface area (Å²) in [5.41, 5.74) is 1.97. The summed E-state index contributed by atoms with van der Waals surface area (Å²) in [6.07, 6.45) is 1.68. The summed E-state index contributed by atoms with van der Waals surface area (Å²) in [7, 11) is 1.25. The number of methoxy groups -OCH3 is 1. The van der Waals surface area contributed by atoms with Crippen molar-refractivity contribution in [2.45, 2.75) is 50.0 Å². The molecule has 4 N–H and O–H groups in total. The maximum absolute atomic E-state index is 14.3. The van der Waals surface area contributed by atoms with Crippen LogP contribution >= 0.6 is 23.2 Å². The Morgan fingerprint density at radius 3 is 2.75 bits per heavy atom. The summed E-state index contributed by atoms with van der Waals surface area (Å²) in [5.74, 6) is -0.688. The second-order valence-electron chi connectivity index (χ2n) is 11.1. The van der Waals surface area contributed by atoms with E-state index in [2.05, 4.69) is 25.7 Å². The molecule has 230 valence electrons. The van der Waals surface area contributed by atoms with Crippen LogP contribution in [0.25, 0.3) is 11.3 Å². The molecule has 2 atom stereocenters. The van der Waals surface area contributed by atoms with Crippen LogP contribution in [0.4, 0.5) is 26.7 Å². The standard InChI is InChI=1S/C30H30Cl2N6O6/c1-43-28(41)33-17-8-9-18-22(14-17)34-23(39)6-3-2-5-19(26-36-24(18)25(32)37-26)27(40)38-12-4-11-30(15-38)20-13-16(31)7-10-21(20)35-29(42)44-30/h7-10,13-14,19H,2-6,11-12,15H2,1H3,(H,33,41)(H,34,39)(H,35,42)(H,36,37)/t19-,30-/m0/s1. The summed E-state index contributed by atoms with van der Waals surface area (Å²) in [4.78, 5) is 61.0. The molecule has 2 bridgehead atoms. The van der Waals surface area contributed by atoms with Crippen molar-refractivity contribution in [1.82, 2.24) is 14.9 Å². The number of halogens is 2. The van der Waals surface area contributed by atoms with Gasteiger partial charge in [-0.2, -0.15) is 0 Å². The van der Waals surface area contributed by atoms with Crippen LogP contribution in [0.15, 0.2) is 36.4 Å². The van der Waals surface area contributed by atoms with E-state index in [1.54, 1.807) is 41.3 Å². The van der Waals surface area contributed by atoms with Gasteiger partial charge in [0.2, 0.25) is 11.8 Å². The summed E-state index contributed by atoms with van der Waals surface area (Å²) >= 11 is 13.0. The molecule has 14 heteroatoms. The van der Waals surface area contributed by atoms with E-state index in [0.717, 1.165) is 5.56 Å². The number of carbonyl (C=O) groups excluding carboxylic acids is 4. The Labute approximate surface area is 262 Å². The lowest BCUT2D eigenvalue weighted by Gasteiger charge is -2.45. The predicted octanol–water partition coefficient (Wildman–Crippen LogP) is 6.24. The number of benzene rings is 2. The number of rotatable bonds is 2. The van der Waals surface area contributed by atoms with Gasteiger partial charge in [-0.25, -0.2) is 14.6 Å². The van der Waals surface area contributed by atoms with Gasteiger partial charge >= 0.3 is 12.2 Å². The van der Waals surface area contributed by atoms with Crippen LogP contribution in [0.1, 0.15) is 55.8 Å². The van der Waals surface area contributed by atoms with E-state index in [1.165, 1.54) is 7.11 Å². The number of nitrogens with zero attached hydrogens (tertiary/aromatic N) is 2. The SMILES string of the molecule is COC(=O)Nc1ccc2c(c1)NC(=O)CCCC[C@H](C(=O)N1CCC[C@@]3(C1)OC(=O)Nc1ccc(Cl)cc13)c1nc-2c(Cl)[nH]1. The first kappa shape index (κ1) is 29.8. The molecule has 2 aromatic carbocycles. The Kier molecular flexibility index (Phi) is 8.12. The molecule has 3 aliphatic heterocycles. The number of imidazole rings is 1. The first-order chi connectivity index (χ1) is 21.2. The molecular formula is C30H30Cl2N6O6. The Morgan fingerprint density at radius 1 is 1.09 bits per heavy atom. The molecule has 0 radical (unpaired) electrons. The Hall–Kier alpha value is -4.29. The maximum atomic E-state index is 14.3. The van der Waals surface area contributed by atoms with Gasteiger partial charge in [-0.05, 0) is 62.1 Å². The molecular weight excluding hydrogens is 611 g/mol. The predicted molar refractivity (Wildman–Crippen MR) is 164 cm³/mol. The highest BCUT2D eigenvalue weighted by Crippen LogP contribution is 2.44. The maximum Gasteiger partial charge on any atom is 0.412 e. The average Bonchev–Trinajstić information content (AvgIpc) is 3.37. The molecule has 1 aromatic heterocycles. The molecule has 1 spiro atoms. The van der Waals surface area contributed by atoms with E-state index < -0.39 is 23.7 Å². The zero-order valence-corrected chi connectivity index (χ0v) is 25.3. The number of ether oxygens (including phenoxy) is 2. The summed E-state index contributed by atoms with van der Waals surface area (Å²) in [5, 5.41) is 8.91. The number of aromatic amines is 1. The fourth-order valence-corrected chi connectivity index (χ4v) is 6.55. The van der Waals surface area contributed by atoms with Crippen LogP contribution in [0.5, 0.6) is 0 Å². The van der Waals surface area contributed by atoms with E-state index in [4.69, 9.17) is 32.9 Å². The van der Waals surface area contributed by atoms with Crippen molar-refractivity contribution in [2.24, 2.45) is 0 Å². The normalized spacial score (nSPS) is 21.4. The van der Waals surface area contributed by atoms with Gasteiger partial charge in [-0.3, -0.25) is 20.2 Å². The second-order valence-corrected chi connectivity index (χ2v) is 11.9. The Bertz CT molecular complexity index is 1660. The highest BCUT2D eigenvalue weighted by Gasteiger charge is 2.47. The zero-order chi connectivity index (χ0) is 31.0. The largest absolute Gasteiger partial charge is 0.453 e. The van der Waals surface area contributed by atoms with Crippen molar-refractivity contribution in [2.75, 3.05) is 36.1 Å². The van der Waals surface area contributed by atoms with Crippen molar-refractivity contribution in [3.05, 3.63) is 58.0 Å². The van der Waals surface area contributed by atoms with Crippen LogP contribution in [0.3, 0.4) is 0 Å². The lowest BCUT2D eigenvalue weighted by atomic mass is 9.83. The van der Waals surface area contributed by atoms with E-state index in [0.29, 0.717) is 77.8 Å². The van der Waals surface area contributed by atoms with E-state index in [-0.39, 0.29) is 29.9 Å². The van der Waals surface area contributed by atoms with Gasteiger partial charge in [-0.15, -0.1) is 0 Å². The van der Waals surface area contributed by atoms with Gasteiger partial charge in [0.05, 0.1) is 30.9 Å². The molecule has 0 aliphatic carbocycles. The van der Waals surface area contributed by atoms with Gasteiger partial charge in [0.25, 0.3) is 0 Å². The third-order valence-electron chi connectivity index (χ3n) is 8.20. The molecule has 3 aliphatic rings. The molecule has 6 rings (SSSR count). The average molecular weight is 642 g/mol. The number of likely N-dealkylation sites (tertiary alicyclic amines) is 1. The minimum absolute atomic E-state index is 0.158. The molecule has 44 heavy (non-hydrogen) atoms. The number of anilines is 3. The summed E-state index contributed by atoms with van der Waals surface area (Å²) in [6, 6.07) is 10.1. The number of carbonyl (C=O) groups is 4. The van der Waals surface area contributed by atoms with Crippen LogP contribution in [-0.2, 0) is 24.7 Å². The van der Waals surface area contributed by atoms with Crippen molar-refractivity contribution >= 4 is 64.3 Å². The third kappa shape index (κ3) is 5.79. The number of aromatic nitrogens is 2. The fourth-order valence-electron chi connectivity index (χ4n) is 6.14. The van der Waals surface area contributed by atoms with Gasteiger partial charge in [0.1, 0.15) is 16.7 Å². The van der Waals surface area contributed by atoms with Gasteiger partial charge in [0.15, 0.2) is 5.60 Å². The molecule has 12 nitrogen and oxygen atoms in total. The van der Waals surface area contributed by atoms with Crippen molar-refractivity contribution in [3.8, 4) is 11.3 Å².